The van der Waals surface area contributed by atoms with Crippen molar-refractivity contribution in [1.82, 2.24) is 4.98 Å². The van der Waals surface area contributed by atoms with Crippen LogP contribution in [0.4, 0.5) is 0 Å². The first-order valence-electron chi connectivity index (χ1n) is 4.51. The number of para-hydroxylation sites is 1. The number of halogens is 1. The lowest BCUT2D eigenvalue weighted by molar-refractivity contribution is 0.0535. The molecule has 1 aliphatic heterocycles. The first kappa shape index (κ1) is 8.68. The van der Waals surface area contributed by atoms with Gasteiger partial charge in [-0.2, -0.15) is 0 Å². The summed E-state index contributed by atoms with van der Waals surface area (Å²) >= 11 is 5.93. The van der Waals surface area contributed by atoms with E-state index < -0.39 is 0 Å². The highest BCUT2D eigenvalue weighted by atomic mass is 35.5. The molecule has 0 aliphatic carbocycles. The number of rotatable bonds is 0. The average Bonchev–Trinajstić information content (AvgIpc) is 2.62. The van der Waals surface area contributed by atoms with Crippen molar-refractivity contribution in [3.63, 3.8) is 0 Å². The maximum atomic E-state index is 11.4. The summed E-state index contributed by atoms with van der Waals surface area (Å²) in [5.74, 6) is -0.381. The Morgan fingerprint density at radius 3 is 3.00 bits per heavy atom. The van der Waals surface area contributed by atoms with Gasteiger partial charge in [-0.25, -0.2) is 9.78 Å². The van der Waals surface area contributed by atoms with Crippen LogP contribution in [-0.4, -0.2) is 11.0 Å². The smallest absolute Gasteiger partial charge is 0.342 e. The summed E-state index contributed by atoms with van der Waals surface area (Å²) in [6, 6.07) is 7.57. The number of hydrogen-bond acceptors (Lipinski definition) is 3. The molecular weight excluding hydrogens is 214 g/mol. The number of fused-ring (bicyclic) bond motifs is 3. The van der Waals surface area contributed by atoms with E-state index in [1.165, 1.54) is 0 Å². The van der Waals surface area contributed by atoms with Gasteiger partial charge in [-0.3, -0.25) is 0 Å². The lowest BCUT2D eigenvalue weighted by Crippen LogP contribution is -1.97. The van der Waals surface area contributed by atoms with Gasteiger partial charge in [-0.15, -0.1) is 0 Å². The highest BCUT2D eigenvalue weighted by Gasteiger charge is 2.27. The zero-order valence-corrected chi connectivity index (χ0v) is 8.41. The van der Waals surface area contributed by atoms with Gasteiger partial charge in [0.05, 0.1) is 5.52 Å². The molecule has 0 atom stereocenters. The molecule has 0 saturated heterocycles. The molecule has 0 fully saturated rings. The Balaban J connectivity index is 2.48. The molecule has 15 heavy (non-hydrogen) atoms. The molecule has 0 spiro atoms. The van der Waals surface area contributed by atoms with Crippen LogP contribution in [0.1, 0.15) is 15.9 Å². The molecule has 0 unspecified atom stereocenters. The van der Waals surface area contributed by atoms with Crippen molar-refractivity contribution in [3.8, 4) is 0 Å². The molecular formula is C11H6ClNO2. The van der Waals surface area contributed by atoms with Crippen molar-refractivity contribution >= 4 is 28.5 Å². The number of carbonyl (C=O) groups excluding carboxylic acids is 1. The summed E-state index contributed by atoms with van der Waals surface area (Å²) in [6.07, 6.45) is 0. The lowest BCUT2D eigenvalue weighted by atomic mass is 10.1. The van der Waals surface area contributed by atoms with E-state index in [-0.39, 0.29) is 17.7 Å². The normalized spacial score (nSPS) is 14.1. The number of ether oxygens (including phenoxy) is 1. The largest absolute Gasteiger partial charge is 0.457 e. The number of hydrogen-bond donors (Lipinski definition) is 0. The molecule has 0 radical (unpaired) electrons. The summed E-state index contributed by atoms with van der Waals surface area (Å²) in [5.41, 5.74) is 2.05. The van der Waals surface area contributed by atoms with Crippen LogP contribution >= 0.6 is 11.6 Å². The van der Waals surface area contributed by atoms with Crippen LogP contribution in [0.15, 0.2) is 24.3 Å². The van der Waals surface area contributed by atoms with Crippen molar-refractivity contribution in [2.45, 2.75) is 6.61 Å². The van der Waals surface area contributed by atoms with Crippen LogP contribution in [0.2, 0.25) is 5.15 Å². The van der Waals surface area contributed by atoms with E-state index >= 15 is 0 Å². The monoisotopic (exact) mass is 219 g/mol. The Morgan fingerprint density at radius 2 is 2.13 bits per heavy atom. The summed E-state index contributed by atoms with van der Waals surface area (Å²) in [4.78, 5) is 15.5. The Labute approximate surface area is 90.6 Å². The maximum absolute atomic E-state index is 11.4. The van der Waals surface area contributed by atoms with Crippen LogP contribution in [0, 0.1) is 0 Å². The SMILES string of the molecule is O=C1OCc2c1c(Cl)nc1ccccc21. The number of pyridine rings is 1. The maximum Gasteiger partial charge on any atom is 0.342 e. The van der Waals surface area contributed by atoms with E-state index in [1.54, 1.807) is 0 Å². The Kier molecular flexibility index (Phi) is 1.70. The molecule has 3 nitrogen and oxygen atoms in total. The van der Waals surface area contributed by atoms with Crippen molar-refractivity contribution in [2.75, 3.05) is 0 Å². The zero-order chi connectivity index (χ0) is 10.4. The molecule has 1 aromatic carbocycles. The number of esters is 1. The van der Waals surface area contributed by atoms with Crippen LogP contribution in [0.5, 0.6) is 0 Å². The van der Waals surface area contributed by atoms with Gasteiger partial charge in [0.15, 0.2) is 0 Å². The zero-order valence-electron chi connectivity index (χ0n) is 7.66. The molecule has 74 valence electrons. The Morgan fingerprint density at radius 1 is 1.33 bits per heavy atom. The molecule has 0 bridgehead atoms. The van der Waals surface area contributed by atoms with Crippen molar-refractivity contribution < 1.29 is 9.53 Å². The molecule has 0 amide bonds. The summed E-state index contributed by atoms with van der Waals surface area (Å²) in [5, 5.41) is 1.16. The van der Waals surface area contributed by atoms with Gasteiger partial charge < -0.3 is 4.74 Å². The van der Waals surface area contributed by atoms with Crippen molar-refractivity contribution in [3.05, 3.63) is 40.5 Å². The fourth-order valence-electron chi connectivity index (χ4n) is 1.81. The molecule has 4 heteroatoms. The third-order valence-corrected chi connectivity index (χ3v) is 2.78. The number of aromatic nitrogens is 1. The number of carbonyl (C=O) groups is 1. The molecule has 3 rings (SSSR count). The van der Waals surface area contributed by atoms with E-state index in [2.05, 4.69) is 4.98 Å². The second-order valence-corrected chi connectivity index (χ2v) is 3.71. The minimum atomic E-state index is -0.381. The van der Waals surface area contributed by atoms with Crippen LogP contribution in [0.3, 0.4) is 0 Å². The van der Waals surface area contributed by atoms with Gasteiger partial charge in [0, 0.05) is 10.9 Å². The summed E-state index contributed by atoms with van der Waals surface area (Å²) in [7, 11) is 0. The lowest BCUT2D eigenvalue weighted by Gasteiger charge is -2.02. The van der Waals surface area contributed by atoms with E-state index in [9.17, 15) is 4.79 Å². The predicted octanol–water partition coefficient (Wildman–Crippen LogP) is 2.56. The topological polar surface area (TPSA) is 39.2 Å². The van der Waals surface area contributed by atoms with E-state index in [0.717, 1.165) is 16.5 Å². The molecule has 1 aromatic heterocycles. The Bertz CT molecular complexity index is 580. The summed E-state index contributed by atoms with van der Waals surface area (Å²) < 4.78 is 4.95. The number of cyclic esters (lactones) is 1. The fourth-order valence-corrected chi connectivity index (χ4v) is 2.10. The number of benzene rings is 1. The molecule has 0 saturated carbocycles. The molecule has 2 heterocycles. The van der Waals surface area contributed by atoms with Crippen LogP contribution < -0.4 is 0 Å². The van der Waals surface area contributed by atoms with Gasteiger partial charge >= 0.3 is 5.97 Å². The first-order valence-corrected chi connectivity index (χ1v) is 4.89. The van der Waals surface area contributed by atoms with Crippen LogP contribution in [0.25, 0.3) is 10.9 Å². The third-order valence-electron chi connectivity index (χ3n) is 2.51. The highest BCUT2D eigenvalue weighted by molar-refractivity contribution is 6.33. The highest BCUT2D eigenvalue weighted by Crippen LogP contribution is 2.31. The van der Waals surface area contributed by atoms with Crippen molar-refractivity contribution in [2.24, 2.45) is 0 Å². The number of nitrogens with zero attached hydrogens (tertiary/aromatic N) is 1. The standard InChI is InChI=1S/C11H6ClNO2/c12-10-9-7(5-15-11(9)14)6-3-1-2-4-8(6)13-10/h1-4H,5H2. The fraction of sp³-hybridized carbons (Fsp3) is 0.0909. The second kappa shape index (κ2) is 2.94. The van der Waals surface area contributed by atoms with Gasteiger partial charge in [0.25, 0.3) is 0 Å². The average molecular weight is 220 g/mol. The quantitative estimate of drug-likeness (QED) is 0.505. The first-order chi connectivity index (χ1) is 7.27. The predicted molar refractivity (Wildman–Crippen MR) is 55.9 cm³/mol. The second-order valence-electron chi connectivity index (χ2n) is 3.35. The Hall–Kier alpha value is -1.61. The van der Waals surface area contributed by atoms with E-state index in [1.807, 2.05) is 24.3 Å². The summed E-state index contributed by atoms with van der Waals surface area (Å²) in [6.45, 7) is 0.289. The van der Waals surface area contributed by atoms with E-state index in [4.69, 9.17) is 16.3 Å². The molecule has 0 N–H and O–H groups in total. The van der Waals surface area contributed by atoms with E-state index in [0.29, 0.717) is 5.56 Å². The molecule has 2 aromatic rings. The van der Waals surface area contributed by atoms with Gasteiger partial charge in [-0.05, 0) is 6.07 Å². The minimum absolute atomic E-state index is 0.228. The van der Waals surface area contributed by atoms with Crippen molar-refractivity contribution in [1.29, 1.82) is 0 Å². The van der Waals surface area contributed by atoms with Gasteiger partial charge in [0.1, 0.15) is 17.3 Å². The van der Waals surface area contributed by atoms with Crippen LogP contribution in [-0.2, 0) is 11.3 Å². The minimum Gasteiger partial charge on any atom is -0.457 e. The third kappa shape index (κ3) is 1.13. The van der Waals surface area contributed by atoms with Gasteiger partial charge in [0.2, 0.25) is 0 Å². The molecule has 1 aliphatic rings. The van der Waals surface area contributed by atoms with Gasteiger partial charge in [-0.1, -0.05) is 29.8 Å².